The zero-order valence-corrected chi connectivity index (χ0v) is 30.3. The van der Waals surface area contributed by atoms with Crippen LogP contribution in [0, 0.1) is 0 Å². The Bertz CT molecular complexity index is 1160. The fourth-order valence-electron chi connectivity index (χ4n) is 6.32. The molecular weight excluding hydrogens is 588 g/mol. The van der Waals surface area contributed by atoms with E-state index in [0.717, 1.165) is 48.2 Å². The molecule has 0 aliphatic heterocycles. The predicted molar refractivity (Wildman–Crippen MR) is 206 cm³/mol. The summed E-state index contributed by atoms with van der Waals surface area (Å²) < 4.78 is 0. The number of carbonyl (C=O) groups excluding carboxylic acids is 2. The third-order valence-corrected chi connectivity index (χ3v) is 9.48. The Balaban J connectivity index is 1.32. The van der Waals surface area contributed by atoms with Gasteiger partial charge in [0.2, 0.25) is 0 Å². The molecule has 0 fully saturated rings. The van der Waals surface area contributed by atoms with Crippen molar-refractivity contribution >= 4 is 11.8 Å². The topological polar surface area (TPSA) is 58.2 Å². The first-order valence-electron chi connectivity index (χ1n) is 19.5. The summed E-state index contributed by atoms with van der Waals surface area (Å²) in [6.07, 6.45) is 25.9. The summed E-state index contributed by atoms with van der Waals surface area (Å²) >= 11 is 0. The van der Waals surface area contributed by atoms with Gasteiger partial charge in [-0.15, -0.1) is 0 Å². The first-order valence-corrected chi connectivity index (χ1v) is 19.5. The van der Waals surface area contributed by atoms with Gasteiger partial charge in [0.25, 0.3) is 11.8 Å². The van der Waals surface area contributed by atoms with Crippen LogP contribution in [0.25, 0.3) is 22.3 Å². The standard InChI is InChI=1S/C44H64N2O2/c1-3-5-7-9-11-13-15-17-19-21-35-45-43(47)41-31-27-39(28-32-41)37-23-25-38(26-24-37)40-29-33-42(34-30-40)44(48)46-36-22-20-18-16-14-12-10-8-6-4-2/h23-34H,3-22,35-36H2,1-2H3,(H,45,47)(H,46,48). The van der Waals surface area contributed by atoms with Crippen molar-refractivity contribution in [1.29, 1.82) is 0 Å². The van der Waals surface area contributed by atoms with Crippen LogP contribution in [0.2, 0.25) is 0 Å². The van der Waals surface area contributed by atoms with E-state index >= 15 is 0 Å². The molecule has 0 bridgehead atoms. The van der Waals surface area contributed by atoms with Crippen molar-refractivity contribution in [3.8, 4) is 22.3 Å². The Morgan fingerprint density at radius 3 is 0.854 bits per heavy atom. The van der Waals surface area contributed by atoms with Gasteiger partial charge in [-0.1, -0.05) is 178 Å². The van der Waals surface area contributed by atoms with E-state index in [1.54, 1.807) is 0 Å². The van der Waals surface area contributed by atoms with Crippen molar-refractivity contribution in [3.05, 3.63) is 83.9 Å². The lowest BCUT2D eigenvalue weighted by atomic mass is 9.99. The van der Waals surface area contributed by atoms with Gasteiger partial charge in [-0.2, -0.15) is 0 Å². The summed E-state index contributed by atoms with van der Waals surface area (Å²) in [4.78, 5) is 25.3. The lowest BCUT2D eigenvalue weighted by Gasteiger charge is -2.09. The third kappa shape index (κ3) is 15.7. The minimum absolute atomic E-state index is 0.00348. The van der Waals surface area contributed by atoms with E-state index in [1.807, 2.05) is 48.5 Å². The predicted octanol–water partition coefficient (Wildman–Crippen LogP) is 12.3. The lowest BCUT2D eigenvalue weighted by Crippen LogP contribution is -2.24. The molecule has 0 aliphatic carbocycles. The number of nitrogens with one attached hydrogen (secondary N) is 2. The molecule has 0 atom stereocenters. The first kappa shape index (κ1) is 39.0. The molecule has 0 heterocycles. The average molecular weight is 653 g/mol. The SMILES string of the molecule is CCCCCCCCCCCCNC(=O)c1ccc(-c2ccc(-c3ccc(C(=O)NCCCCCCCCCCCC)cc3)cc2)cc1. The van der Waals surface area contributed by atoms with Gasteiger partial charge < -0.3 is 10.6 Å². The highest BCUT2D eigenvalue weighted by atomic mass is 16.2. The largest absolute Gasteiger partial charge is 0.352 e. The zero-order chi connectivity index (χ0) is 34.1. The normalized spacial score (nSPS) is 11.0. The van der Waals surface area contributed by atoms with Gasteiger partial charge in [-0.05, 0) is 59.4 Å². The van der Waals surface area contributed by atoms with Gasteiger partial charge in [-0.25, -0.2) is 0 Å². The number of amides is 2. The molecular formula is C44H64N2O2. The molecule has 3 aromatic carbocycles. The Morgan fingerprint density at radius 2 is 0.583 bits per heavy atom. The highest BCUT2D eigenvalue weighted by Crippen LogP contribution is 2.26. The summed E-state index contributed by atoms with van der Waals surface area (Å²) in [5, 5.41) is 6.17. The molecule has 0 aliphatic rings. The van der Waals surface area contributed by atoms with E-state index in [9.17, 15) is 9.59 Å². The van der Waals surface area contributed by atoms with Gasteiger partial charge >= 0.3 is 0 Å². The van der Waals surface area contributed by atoms with Crippen molar-refractivity contribution in [1.82, 2.24) is 10.6 Å². The molecule has 48 heavy (non-hydrogen) atoms. The molecule has 4 heteroatoms. The molecule has 2 N–H and O–H groups in total. The molecule has 0 unspecified atom stereocenters. The molecule has 0 aromatic heterocycles. The number of unbranched alkanes of at least 4 members (excludes halogenated alkanes) is 18. The number of hydrogen-bond acceptors (Lipinski definition) is 2. The summed E-state index contributed by atoms with van der Waals surface area (Å²) in [5.74, 6) is 0.00695. The second-order valence-electron chi connectivity index (χ2n) is 13.6. The zero-order valence-electron chi connectivity index (χ0n) is 30.3. The van der Waals surface area contributed by atoms with E-state index in [-0.39, 0.29) is 11.8 Å². The van der Waals surface area contributed by atoms with Crippen LogP contribution in [-0.4, -0.2) is 24.9 Å². The maximum atomic E-state index is 12.6. The monoisotopic (exact) mass is 652 g/mol. The van der Waals surface area contributed by atoms with Crippen molar-refractivity contribution in [2.45, 2.75) is 142 Å². The summed E-state index contributed by atoms with van der Waals surface area (Å²) in [5.41, 5.74) is 5.80. The van der Waals surface area contributed by atoms with Crippen LogP contribution >= 0.6 is 0 Å². The Labute approximate surface area is 292 Å². The third-order valence-electron chi connectivity index (χ3n) is 9.48. The van der Waals surface area contributed by atoms with E-state index in [1.165, 1.54) is 116 Å². The molecule has 0 radical (unpaired) electrons. The molecule has 0 spiro atoms. The van der Waals surface area contributed by atoms with Crippen molar-refractivity contribution in [2.75, 3.05) is 13.1 Å². The van der Waals surface area contributed by atoms with E-state index in [2.05, 4.69) is 48.7 Å². The second kappa shape index (κ2) is 24.7. The van der Waals surface area contributed by atoms with Crippen molar-refractivity contribution in [2.24, 2.45) is 0 Å². The van der Waals surface area contributed by atoms with Crippen LogP contribution in [0.3, 0.4) is 0 Å². The first-order chi connectivity index (χ1) is 23.6. The quantitative estimate of drug-likeness (QED) is 0.0848. The smallest absolute Gasteiger partial charge is 0.251 e. The fraction of sp³-hybridized carbons (Fsp3) is 0.545. The van der Waals surface area contributed by atoms with Crippen LogP contribution in [0.1, 0.15) is 163 Å². The molecule has 0 saturated heterocycles. The Hall–Kier alpha value is -3.40. The van der Waals surface area contributed by atoms with Gasteiger partial charge in [-0.3, -0.25) is 9.59 Å². The summed E-state index contributed by atoms with van der Waals surface area (Å²) in [6.45, 7) is 6.00. The molecule has 2 amide bonds. The maximum absolute atomic E-state index is 12.6. The number of benzene rings is 3. The van der Waals surface area contributed by atoms with E-state index in [4.69, 9.17) is 0 Å². The second-order valence-corrected chi connectivity index (χ2v) is 13.6. The van der Waals surface area contributed by atoms with Gasteiger partial charge in [0.1, 0.15) is 0 Å². The molecule has 4 nitrogen and oxygen atoms in total. The number of carbonyl (C=O) groups is 2. The van der Waals surface area contributed by atoms with Crippen molar-refractivity contribution < 1.29 is 9.59 Å². The molecule has 262 valence electrons. The van der Waals surface area contributed by atoms with Crippen LogP contribution < -0.4 is 10.6 Å². The van der Waals surface area contributed by atoms with Crippen LogP contribution in [0.15, 0.2) is 72.8 Å². The highest BCUT2D eigenvalue weighted by Gasteiger charge is 2.08. The minimum Gasteiger partial charge on any atom is -0.352 e. The summed E-state index contributed by atoms with van der Waals surface area (Å²) in [7, 11) is 0. The number of hydrogen-bond donors (Lipinski definition) is 2. The molecule has 0 saturated carbocycles. The summed E-state index contributed by atoms with van der Waals surface area (Å²) in [6, 6.07) is 24.2. The van der Waals surface area contributed by atoms with E-state index < -0.39 is 0 Å². The Morgan fingerprint density at radius 1 is 0.354 bits per heavy atom. The van der Waals surface area contributed by atoms with Crippen LogP contribution in [0.4, 0.5) is 0 Å². The van der Waals surface area contributed by atoms with Gasteiger partial charge in [0, 0.05) is 24.2 Å². The van der Waals surface area contributed by atoms with Crippen molar-refractivity contribution in [3.63, 3.8) is 0 Å². The minimum atomic E-state index is 0.00348. The number of rotatable bonds is 26. The van der Waals surface area contributed by atoms with Gasteiger partial charge in [0.05, 0.1) is 0 Å². The lowest BCUT2D eigenvalue weighted by molar-refractivity contribution is 0.0944. The van der Waals surface area contributed by atoms with Crippen LogP contribution in [0.5, 0.6) is 0 Å². The maximum Gasteiger partial charge on any atom is 0.251 e. The van der Waals surface area contributed by atoms with Gasteiger partial charge in [0.15, 0.2) is 0 Å². The molecule has 3 rings (SSSR count). The highest BCUT2D eigenvalue weighted by molar-refractivity contribution is 5.95. The average Bonchev–Trinajstić information content (AvgIpc) is 3.13. The van der Waals surface area contributed by atoms with Crippen LogP contribution in [-0.2, 0) is 0 Å². The van der Waals surface area contributed by atoms with E-state index in [0.29, 0.717) is 11.1 Å². The Kier molecular flexibility index (Phi) is 20.1. The molecule has 3 aromatic rings. The fourth-order valence-corrected chi connectivity index (χ4v) is 6.32.